The molecule has 3 heterocycles. The van der Waals surface area contributed by atoms with E-state index >= 15 is 0 Å². The fraction of sp³-hybridized carbons (Fsp3) is 0.444. The van der Waals surface area contributed by atoms with Crippen molar-refractivity contribution in [2.45, 2.75) is 32.2 Å². The Morgan fingerprint density at radius 3 is 2.73 bits per heavy atom. The third-order valence-electron chi connectivity index (χ3n) is 5.10. The number of likely N-dealkylation sites (tertiary alicyclic amines) is 1. The molecule has 1 unspecified atom stereocenters. The number of hydrogen-bond donors (Lipinski definition) is 2. The minimum absolute atomic E-state index is 0.172. The zero-order chi connectivity index (χ0) is 18.1. The number of nitrogens with one attached hydrogen (secondary N) is 2. The molecule has 1 saturated heterocycles. The van der Waals surface area contributed by atoms with E-state index in [1.807, 2.05) is 18.2 Å². The molecule has 0 radical (unpaired) electrons. The number of carbonyl (C=O) groups is 2. The first-order valence-electron chi connectivity index (χ1n) is 8.97. The first-order chi connectivity index (χ1) is 12.6. The molecule has 26 heavy (non-hydrogen) atoms. The quantitative estimate of drug-likeness (QED) is 0.864. The van der Waals surface area contributed by atoms with Gasteiger partial charge in [0.05, 0.1) is 0 Å². The van der Waals surface area contributed by atoms with E-state index in [9.17, 15) is 9.59 Å². The van der Waals surface area contributed by atoms with Gasteiger partial charge in [-0.25, -0.2) is 4.79 Å². The Kier molecular flexibility index (Phi) is 4.32. The molecule has 0 bridgehead atoms. The summed E-state index contributed by atoms with van der Waals surface area (Å²) in [5.41, 5.74) is 2.60. The number of H-pyrrole nitrogens is 1. The van der Waals surface area contributed by atoms with Crippen LogP contribution in [0.1, 0.15) is 47.3 Å². The number of benzene rings is 1. The molecule has 2 aliphatic rings. The summed E-state index contributed by atoms with van der Waals surface area (Å²) >= 11 is 0. The van der Waals surface area contributed by atoms with Gasteiger partial charge in [-0.15, -0.1) is 10.2 Å². The fourth-order valence-electron chi connectivity index (χ4n) is 3.73. The van der Waals surface area contributed by atoms with Crippen LogP contribution in [0.15, 0.2) is 24.3 Å². The van der Waals surface area contributed by atoms with Crippen LogP contribution in [-0.4, -0.2) is 56.8 Å². The Morgan fingerprint density at radius 1 is 1.15 bits per heavy atom. The highest BCUT2D eigenvalue weighted by Crippen LogP contribution is 2.28. The summed E-state index contributed by atoms with van der Waals surface area (Å²) in [4.78, 5) is 28.8. The van der Waals surface area contributed by atoms with Crippen LogP contribution in [0, 0.1) is 0 Å². The van der Waals surface area contributed by atoms with E-state index in [-0.39, 0.29) is 29.4 Å². The highest BCUT2D eigenvalue weighted by Gasteiger charge is 2.29. The standard InChI is InChI=1S/C18H22N6O2/c1-12-10-24(11-13-6-2-3-7-14(12)13)18(26)19-16-15(20-22-21-16)17(25)23-8-4-5-9-23/h2-3,6-7,12H,4-5,8-11H2,1H3,(H2,19,20,21,22,26). The second-order valence-corrected chi connectivity index (χ2v) is 6.93. The first kappa shape index (κ1) is 16.6. The van der Waals surface area contributed by atoms with Gasteiger partial charge in [-0.3, -0.25) is 10.1 Å². The molecule has 1 atom stereocenters. The predicted molar refractivity (Wildman–Crippen MR) is 95.8 cm³/mol. The van der Waals surface area contributed by atoms with Crippen molar-refractivity contribution in [3.8, 4) is 0 Å². The van der Waals surface area contributed by atoms with E-state index < -0.39 is 0 Å². The Hall–Kier alpha value is -2.90. The van der Waals surface area contributed by atoms with Gasteiger partial charge in [-0.05, 0) is 29.9 Å². The summed E-state index contributed by atoms with van der Waals surface area (Å²) in [5, 5.41) is 13.1. The number of fused-ring (bicyclic) bond motifs is 1. The molecule has 1 aromatic heterocycles. The Balaban J connectivity index is 1.48. The number of nitrogens with zero attached hydrogens (tertiary/aromatic N) is 4. The van der Waals surface area contributed by atoms with Gasteiger partial charge in [0, 0.05) is 26.2 Å². The van der Waals surface area contributed by atoms with E-state index in [1.54, 1.807) is 9.80 Å². The van der Waals surface area contributed by atoms with E-state index in [2.05, 4.69) is 33.7 Å². The van der Waals surface area contributed by atoms with E-state index in [0.717, 1.165) is 31.5 Å². The summed E-state index contributed by atoms with van der Waals surface area (Å²) in [6, 6.07) is 7.90. The van der Waals surface area contributed by atoms with Crippen molar-refractivity contribution >= 4 is 17.8 Å². The van der Waals surface area contributed by atoms with Crippen LogP contribution in [-0.2, 0) is 6.54 Å². The predicted octanol–water partition coefficient (Wildman–Crippen LogP) is 2.19. The van der Waals surface area contributed by atoms with Crippen LogP contribution in [0.3, 0.4) is 0 Å². The van der Waals surface area contributed by atoms with Crippen molar-refractivity contribution in [3.63, 3.8) is 0 Å². The molecule has 2 aromatic rings. The third-order valence-corrected chi connectivity index (χ3v) is 5.10. The molecule has 4 rings (SSSR count). The molecule has 0 aliphatic carbocycles. The molecule has 8 heteroatoms. The lowest BCUT2D eigenvalue weighted by atomic mass is 9.91. The van der Waals surface area contributed by atoms with Crippen molar-refractivity contribution in [1.82, 2.24) is 25.2 Å². The number of aromatic nitrogens is 3. The smallest absolute Gasteiger partial charge is 0.323 e. The van der Waals surface area contributed by atoms with Gasteiger partial charge in [-0.1, -0.05) is 31.2 Å². The maximum Gasteiger partial charge on any atom is 0.323 e. The molecule has 2 aliphatic heterocycles. The van der Waals surface area contributed by atoms with Crippen molar-refractivity contribution < 1.29 is 9.59 Å². The average molecular weight is 354 g/mol. The lowest BCUT2D eigenvalue weighted by Crippen LogP contribution is -2.40. The monoisotopic (exact) mass is 354 g/mol. The summed E-state index contributed by atoms with van der Waals surface area (Å²) in [6.07, 6.45) is 1.99. The molecular formula is C18H22N6O2. The van der Waals surface area contributed by atoms with Gasteiger partial charge in [0.15, 0.2) is 11.5 Å². The van der Waals surface area contributed by atoms with Crippen LogP contribution in [0.2, 0.25) is 0 Å². The van der Waals surface area contributed by atoms with E-state index in [0.29, 0.717) is 13.1 Å². The topological polar surface area (TPSA) is 94.2 Å². The maximum absolute atomic E-state index is 12.7. The number of urea groups is 1. The Labute approximate surface area is 151 Å². The second-order valence-electron chi connectivity index (χ2n) is 6.93. The van der Waals surface area contributed by atoms with E-state index in [1.165, 1.54) is 5.56 Å². The lowest BCUT2D eigenvalue weighted by molar-refractivity contribution is 0.0788. The summed E-state index contributed by atoms with van der Waals surface area (Å²) in [5.74, 6) is 0.260. The van der Waals surface area contributed by atoms with Gasteiger partial charge in [0.2, 0.25) is 0 Å². The molecule has 3 amide bonds. The summed E-state index contributed by atoms with van der Waals surface area (Å²) in [6.45, 7) is 4.71. The first-order valence-corrected chi connectivity index (χ1v) is 8.97. The fourth-order valence-corrected chi connectivity index (χ4v) is 3.73. The van der Waals surface area contributed by atoms with Crippen LogP contribution in [0.4, 0.5) is 10.6 Å². The SMILES string of the molecule is CC1CN(C(=O)Nc2n[nH]nc2C(=O)N2CCCC2)Cc2ccccc21. The van der Waals surface area contributed by atoms with Gasteiger partial charge < -0.3 is 9.80 Å². The summed E-state index contributed by atoms with van der Waals surface area (Å²) in [7, 11) is 0. The number of rotatable bonds is 2. The molecule has 2 N–H and O–H groups in total. The highest BCUT2D eigenvalue weighted by molar-refractivity contribution is 6.00. The molecule has 136 valence electrons. The van der Waals surface area contributed by atoms with Crippen molar-refractivity contribution in [3.05, 3.63) is 41.1 Å². The van der Waals surface area contributed by atoms with Crippen molar-refractivity contribution in [2.75, 3.05) is 25.0 Å². The molecule has 0 spiro atoms. The zero-order valence-electron chi connectivity index (χ0n) is 14.7. The van der Waals surface area contributed by atoms with Crippen molar-refractivity contribution in [2.24, 2.45) is 0 Å². The third kappa shape index (κ3) is 3.02. The summed E-state index contributed by atoms with van der Waals surface area (Å²) < 4.78 is 0. The number of amides is 3. The Bertz CT molecular complexity index is 827. The number of anilines is 1. The molecular weight excluding hydrogens is 332 g/mol. The molecule has 1 aromatic carbocycles. The van der Waals surface area contributed by atoms with Gasteiger partial charge >= 0.3 is 6.03 Å². The van der Waals surface area contributed by atoms with Gasteiger partial charge in [0.1, 0.15) is 0 Å². The average Bonchev–Trinajstić information content (AvgIpc) is 3.33. The number of aromatic amines is 1. The van der Waals surface area contributed by atoms with Gasteiger partial charge in [-0.2, -0.15) is 5.21 Å². The molecule has 0 saturated carbocycles. The van der Waals surface area contributed by atoms with E-state index in [4.69, 9.17) is 0 Å². The molecule has 8 nitrogen and oxygen atoms in total. The van der Waals surface area contributed by atoms with Crippen LogP contribution in [0.5, 0.6) is 0 Å². The minimum Gasteiger partial charge on any atom is -0.337 e. The highest BCUT2D eigenvalue weighted by atomic mass is 16.2. The molecule has 1 fully saturated rings. The number of hydrogen-bond acceptors (Lipinski definition) is 4. The number of carbonyl (C=O) groups excluding carboxylic acids is 2. The normalized spacial score (nSPS) is 19.3. The second kappa shape index (κ2) is 6.78. The lowest BCUT2D eigenvalue weighted by Gasteiger charge is -2.32. The largest absolute Gasteiger partial charge is 0.337 e. The van der Waals surface area contributed by atoms with Crippen LogP contribution < -0.4 is 5.32 Å². The Morgan fingerprint density at radius 2 is 1.92 bits per heavy atom. The minimum atomic E-state index is -0.268. The van der Waals surface area contributed by atoms with Crippen LogP contribution in [0.25, 0.3) is 0 Å². The zero-order valence-corrected chi connectivity index (χ0v) is 14.7. The van der Waals surface area contributed by atoms with Gasteiger partial charge in [0.25, 0.3) is 5.91 Å². The van der Waals surface area contributed by atoms with Crippen molar-refractivity contribution in [1.29, 1.82) is 0 Å². The maximum atomic E-state index is 12.7. The van der Waals surface area contributed by atoms with Crippen LogP contribution >= 0.6 is 0 Å².